The molecule has 0 N–H and O–H groups in total. The Morgan fingerprint density at radius 3 is 2.77 bits per heavy atom. The molecule has 0 spiro atoms. The van der Waals surface area contributed by atoms with Gasteiger partial charge in [0.05, 0.1) is 0 Å². The Balaban J connectivity index is 2.46. The molecule has 0 aromatic carbocycles. The van der Waals surface area contributed by atoms with Gasteiger partial charge in [-0.1, -0.05) is 0 Å². The topological polar surface area (TPSA) is 0 Å². The van der Waals surface area contributed by atoms with Gasteiger partial charge in [0, 0.05) is 0 Å². The van der Waals surface area contributed by atoms with Crippen molar-refractivity contribution in [2.45, 2.75) is 32.5 Å². The van der Waals surface area contributed by atoms with E-state index in [0.717, 1.165) is 0 Å². The van der Waals surface area contributed by atoms with Crippen LogP contribution in [0.2, 0.25) is 19.1 Å². The van der Waals surface area contributed by atoms with Crippen LogP contribution in [-0.4, -0.2) is 6.05 Å². The van der Waals surface area contributed by atoms with E-state index in [1.54, 1.807) is 3.96 Å². The van der Waals surface area contributed by atoms with Crippen LogP contribution in [0, 0.1) is 0 Å². The van der Waals surface area contributed by atoms with Crippen molar-refractivity contribution in [3.8, 4) is 0 Å². The SMILES string of the molecule is C=C(C)C[Si](C)(C)[Pt][C]1=CC=CC1. The normalized spacial score (nSPS) is 16.4. The molecule has 0 unspecified atom stereocenters. The van der Waals surface area contributed by atoms with Crippen LogP contribution in [0.5, 0.6) is 0 Å². The second-order valence-corrected chi connectivity index (χ2v) is 20.2. The van der Waals surface area contributed by atoms with Gasteiger partial charge in [-0.2, -0.15) is 0 Å². The van der Waals surface area contributed by atoms with E-state index < -0.39 is 6.05 Å². The van der Waals surface area contributed by atoms with Gasteiger partial charge in [0.1, 0.15) is 0 Å². The predicted molar refractivity (Wildman–Crippen MR) is 58.9 cm³/mol. The molecule has 0 aliphatic heterocycles. The number of allylic oxidation sites excluding steroid dienone is 5. The van der Waals surface area contributed by atoms with E-state index in [0.29, 0.717) is 17.8 Å². The van der Waals surface area contributed by atoms with Crippen LogP contribution in [0.3, 0.4) is 0 Å². The summed E-state index contributed by atoms with van der Waals surface area (Å²) in [6.07, 6.45) is 8.06. The zero-order valence-electron chi connectivity index (χ0n) is 8.67. The molecule has 0 fully saturated rings. The van der Waals surface area contributed by atoms with E-state index >= 15 is 0 Å². The summed E-state index contributed by atoms with van der Waals surface area (Å²) in [6, 6.07) is 0.389. The Morgan fingerprint density at radius 2 is 2.31 bits per heavy atom. The summed E-state index contributed by atoms with van der Waals surface area (Å²) in [5.41, 5.74) is 1.38. The molecule has 1 aliphatic rings. The molecule has 0 atom stereocenters. The van der Waals surface area contributed by atoms with Crippen molar-refractivity contribution in [1.29, 1.82) is 0 Å². The molecule has 2 heteroatoms. The summed E-state index contributed by atoms with van der Waals surface area (Å²) in [7, 11) is 0. The average Bonchev–Trinajstić information content (AvgIpc) is 2.34. The number of rotatable bonds is 4. The Labute approximate surface area is 90.6 Å². The van der Waals surface area contributed by atoms with Gasteiger partial charge in [0.15, 0.2) is 0 Å². The fraction of sp³-hybridized carbons (Fsp3) is 0.455. The Bertz CT molecular complexity index is 261. The molecule has 0 saturated heterocycles. The van der Waals surface area contributed by atoms with Gasteiger partial charge in [-0.05, 0) is 0 Å². The van der Waals surface area contributed by atoms with Crippen molar-refractivity contribution in [1.82, 2.24) is 0 Å². The van der Waals surface area contributed by atoms with E-state index in [1.165, 1.54) is 18.0 Å². The van der Waals surface area contributed by atoms with Gasteiger partial charge < -0.3 is 0 Å². The summed E-state index contributed by atoms with van der Waals surface area (Å²) in [6.45, 7) is 11.2. The molecule has 0 bridgehead atoms. The van der Waals surface area contributed by atoms with Crippen molar-refractivity contribution >= 4 is 6.05 Å². The molecule has 0 aromatic rings. The first-order valence-corrected chi connectivity index (χ1v) is 12.2. The third kappa shape index (κ3) is 4.24. The van der Waals surface area contributed by atoms with Crippen molar-refractivity contribution < 1.29 is 17.8 Å². The summed E-state index contributed by atoms with van der Waals surface area (Å²) < 4.78 is 1.73. The summed E-state index contributed by atoms with van der Waals surface area (Å²) >= 11 is 0.308. The standard InChI is InChI=1S/C6H13Si.C5H5.Pt/c1-6(2)5-7(3)4;1-2-4-5-3-1;/h1,5H2,2-4H3;1-3H,4H2;. The molecule has 0 saturated carbocycles. The molecule has 0 amide bonds. The van der Waals surface area contributed by atoms with E-state index in [-0.39, 0.29) is 0 Å². The molecule has 76 valence electrons. The maximum absolute atomic E-state index is 4.03. The fourth-order valence-corrected chi connectivity index (χ4v) is 13.9. The van der Waals surface area contributed by atoms with Crippen molar-refractivity contribution in [2.24, 2.45) is 0 Å². The Morgan fingerprint density at radius 1 is 1.62 bits per heavy atom. The quantitative estimate of drug-likeness (QED) is 0.521. The first kappa shape index (κ1) is 11.2. The van der Waals surface area contributed by atoms with Crippen molar-refractivity contribution in [2.75, 3.05) is 0 Å². The fourth-order valence-electron chi connectivity index (χ4n) is 1.47. The van der Waals surface area contributed by atoms with Gasteiger partial charge in [-0.25, -0.2) is 0 Å². The van der Waals surface area contributed by atoms with Crippen LogP contribution < -0.4 is 0 Å². The van der Waals surface area contributed by atoms with Crippen LogP contribution in [0.1, 0.15) is 13.3 Å². The molecular formula is C11H18PtSi. The van der Waals surface area contributed by atoms with E-state index in [9.17, 15) is 0 Å². The second kappa shape index (κ2) is 4.57. The van der Waals surface area contributed by atoms with E-state index in [4.69, 9.17) is 0 Å². The van der Waals surface area contributed by atoms with Crippen LogP contribution in [0.25, 0.3) is 0 Å². The molecule has 13 heavy (non-hydrogen) atoms. The zero-order chi connectivity index (χ0) is 9.90. The molecular weight excluding hydrogens is 355 g/mol. The van der Waals surface area contributed by atoms with Gasteiger partial charge in [-0.15, -0.1) is 0 Å². The zero-order valence-corrected chi connectivity index (χ0v) is 11.9. The Kier molecular flexibility index (Phi) is 3.94. The summed E-state index contributed by atoms with van der Waals surface area (Å²) in [4.78, 5) is 0. The monoisotopic (exact) mass is 373 g/mol. The minimum atomic E-state index is -0.928. The number of hydrogen-bond acceptors (Lipinski definition) is 0. The van der Waals surface area contributed by atoms with E-state index in [1.807, 2.05) is 0 Å². The average molecular weight is 373 g/mol. The minimum absolute atomic E-state index is 0.308. The maximum atomic E-state index is 4.03. The molecule has 1 aliphatic carbocycles. The third-order valence-electron chi connectivity index (χ3n) is 1.73. The van der Waals surface area contributed by atoms with Crippen molar-refractivity contribution in [3.63, 3.8) is 0 Å². The van der Waals surface area contributed by atoms with Crippen LogP contribution in [-0.2, 0) is 17.8 Å². The van der Waals surface area contributed by atoms with Crippen molar-refractivity contribution in [3.05, 3.63) is 34.3 Å². The Hall–Kier alpha value is 0.125. The second-order valence-electron chi connectivity index (χ2n) is 4.05. The van der Waals surface area contributed by atoms with Crippen LogP contribution in [0.15, 0.2) is 34.3 Å². The predicted octanol–water partition coefficient (Wildman–Crippen LogP) is 3.69. The first-order valence-electron chi connectivity index (χ1n) is 4.59. The van der Waals surface area contributed by atoms with Gasteiger partial charge >= 0.3 is 90.7 Å². The molecule has 0 heterocycles. The van der Waals surface area contributed by atoms with Gasteiger partial charge in [0.25, 0.3) is 0 Å². The molecule has 0 nitrogen and oxygen atoms in total. The molecule has 0 aromatic heterocycles. The van der Waals surface area contributed by atoms with Gasteiger partial charge in [-0.3, -0.25) is 0 Å². The third-order valence-corrected chi connectivity index (χ3v) is 12.6. The number of hydrogen-bond donors (Lipinski definition) is 0. The van der Waals surface area contributed by atoms with E-state index in [2.05, 4.69) is 44.8 Å². The van der Waals surface area contributed by atoms with Gasteiger partial charge in [0.2, 0.25) is 0 Å². The summed E-state index contributed by atoms with van der Waals surface area (Å²) in [5.74, 6) is 0. The molecule has 1 rings (SSSR count). The first-order chi connectivity index (χ1) is 5.99. The van der Waals surface area contributed by atoms with Crippen LogP contribution >= 0.6 is 0 Å². The molecule has 0 radical (unpaired) electrons. The van der Waals surface area contributed by atoms with Crippen LogP contribution in [0.4, 0.5) is 0 Å². The summed E-state index contributed by atoms with van der Waals surface area (Å²) in [5, 5.41) is 0.